The molecule has 1 aromatic carbocycles. The van der Waals surface area contributed by atoms with Crippen molar-refractivity contribution < 1.29 is 114 Å². The zero-order chi connectivity index (χ0) is 37.8. The van der Waals surface area contributed by atoms with Crippen LogP contribution >= 0.6 is 0 Å². The van der Waals surface area contributed by atoms with E-state index in [-0.39, 0.29) is 95.9 Å². The molecule has 8 heteroatoms. The van der Waals surface area contributed by atoms with Crippen LogP contribution in [0.1, 0.15) is 130 Å². The van der Waals surface area contributed by atoms with Gasteiger partial charge in [-0.15, -0.1) is 0 Å². The number of hydrogen-bond acceptors (Lipinski definition) is 0. The minimum absolute atomic E-state index is 0. The van der Waals surface area contributed by atoms with Gasteiger partial charge in [-0.25, -0.2) is 18.3 Å². The summed E-state index contributed by atoms with van der Waals surface area (Å²) in [6.45, 7) is 13.4. The fourth-order valence-electron chi connectivity index (χ4n) is 7.58. The van der Waals surface area contributed by atoms with Crippen LogP contribution in [0.4, 0.5) is 0 Å². The van der Waals surface area contributed by atoms with Crippen molar-refractivity contribution in [1.29, 1.82) is 0 Å². The molecular weight excluding hydrogens is 1160 g/mol. The number of halogens is 4. The smallest absolute Gasteiger partial charge is 0.169 e. The van der Waals surface area contributed by atoms with E-state index in [0.717, 1.165) is 26.2 Å². The molecule has 5 aromatic rings. The maximum absolute atomic E-state index is 2.48. The minimum atomic E-state index is 0. The van der Waals surface area contributed by atoms with Crippen LogP contribution in [0.3, 0.4) is 0 Å². The molecule has 0 aliphatic heterocycles. The first-order valence-corrected chi connectivity index (χ1v) is 21.8. The number of hydrogen-bond donors (Lipinski definition) is 0. The van der Waals surface area contributed by atoms with Crippen molar-refractivity contribution in [2.24, 2.45) is 0 Å². The molecule has 0 amide bonds. The van der Waals surface area contributed by atoms with Gasteiger partial charge in [-0.1, -0.05) is 79.1 Å². The average Bonchev–Trinajstić information content (AvgIpc) is 3.22. The van der Waals surface area contributed by atoms with Gasteiger partial charge in [-0.05, 0) is 82.3 Å². The van der Waals surface area contributed by atoms with Crippen LogP contribution < -0.4 is 114 Å². The van der Waals surface area contributed by atoms with Crippen LogP contribution in [0, 0.1) is 0 Å². The highest BCUT2D eigenvalue weighted by Gasteiger charge is 2.19. The van der Waals surface area contributed by atoms with E-state index in [4.69, 9.17) is 0 Å². The number of pyridine rings is 4. The molecular formula is C50H70I4N4. The average molecular weight is 1230 g/mol. The Kier molecular flexibility index (Phi) is 29.8. The number of nitrogens with zero attached hydrogens (tertiary/aromatic N) is 4. The second kappa shape index (κ2) is 31.6. The van der Waals surface area contributed by atoms with Crippen molar-refractivity contribution in [3.05, 3.63) is 110 Å². The van der Waals surface area contributed by atoms with E-state index in [2.05, 4.69) is 156 Å². The fourth-order valence-corrected chi connectivity index (χ4v) is 7.58. The molecule has 4 nitrogen and oxygen atoms in total. The molecule has 4 aromatic heterocycles. The van der Waals surface area contributed by atoms with E-state index in [0.29, 0.717) is 0 Å². The highest BCUT2D eigenvalue weighted by atomic mass is 127. The predicted octanol–water partition coefficient (Wildman–Crippen LogP) is -0.158. The highest BCUT2D eigenvalue weighted by Crippen LogP contribution is 2.41. The van der Waals surface area contributed by atoms with Crippen LogP contribution in [0.15, 0.2) is 110 Å². The maximum atomic E-state index is 2.48. The number of rotatable bonds is 24. The Labute approximate surface area is 421 Å². The van der Waals surface area contributed by atoms with E-state index < -0.39 is 0 Å². The topological polar surface area (TPSA) is 15.5 Å². The monoisotopic (exact) mass is 1230 g/mol. The summed E-state index contributed by atoms with van der Waals surface area (Å²) in [5.74, 6) is 0. The molecule has 4 heterocycles. The molecule has 0 saturated carbocycles. The Balaban J connectivity index is 0.00000420. The molecule has 58 heavy (non-hydrogen) atoms. The number of aromatic nitrogens is 4. The quantitative estimate of drug-likeness (QED) is 0.0465. The van der Waals surface area contributed by atoms with E-state index in [1.54, 1.807) is 0 Å². The fraction of sp³-hybridized carbons (Fsp3) is 0.480. The summed E-state index contributed by atoms with van der Waals surface area (Å²) < 4.78 is 9.43. The standard InChI is InChI=1S/C50H70N4.4HI/c1-5-9-13-17-29-51-33-21-43(22-34-51)47-41-49(45-25-37-53(38-26-45)31-19-15-11-7-3)50(46-27-39-54(40-28-46)32-20-16-12-8-4)42-48(47)44-23-35-52(36-24-44)30-18-14-10-6-2;;;;/h21-28,33-42H,5-20,29-32H2,1-4H3;4*1H/q+4;;;;/p-4. The van der Waals surface area contributed by atoms with Gasteiger partial charge in [0.25, 0.3) is 0 Å². The van der Waals surface area contributed by atoms with E-state index in [1.807, 2.05) is 0 Å². The Morgan fingerprint density at radius 2 is 0.466 bits per heavy atom. The van der Waals surface area contributed by atoms with Crippen molar-refractivity contribution in [2.75, 3.05) is 0 Å². The summed E-state index contributed by atoms with van der Waals surface area (Å²) in [5.41, 5.74) is 10.2. The van der Waals surface area contributed by atoms with Crippen molar-refractivity contribution in [1.82, 2.24) is 0 Å². The lowest BCUT2D eigenvalue weighted by Gasteiger charge is -2.17. The first-order chi connectivity index (χ1) is 26.6. The van der Waals surface area contributed by atoms with Gasteiger partial charge in [-0.3, -0.25) is 0 Å². The van der Waals surface area contributed by atoms with E-state index in [9.17, 15) is 0 Å². The summed E-state index contributed by atoms with van der Waals surface area (Å²) in [6.07, 6.45) is 38.7. The van der Waals surface area contributed by atoms with E-state index >= 15 is 0 Å². The molecule has 0 spiro atoms. The minimum Gasteiger partial charge on any atom is -1.00 e. The van der Waals surface area contributed by atoms with Crippen LogP contribution in [0.5, 0.6) is 0 Å². The van der Waals surface area contributed by atoms with Crippen LogP contribution in [0.25, 0.3) is 44.5 Å². The first-order valence-electron chi connectivity index (χ1n) is 21.8. The predicted molar refractivity (Wildman–Crippen MR) is 226 cm³/mol. The summed E-state index contributed by atoms with van der Waals surface area (Å²) in [4.78, 5) is 0. The SMILES string of the molecule is CCCCCC[n+]1ccc(-c2cc(-c3cc[n+](CCCCCC)cc3)c(-c3cc[n+](CCCCCC)cc3)cc2-c2cc[n+](CCCCCC)cc2)cc1.[I-].[I-].[I-].[I-]. The number of benzene rings is 1. The molecule has 0 unspecified atom stereocenters. The summed E-state index contributed by atoms with van der Waals surface area (Å²) in [6, 6.07) is 23.6. The summed E-state index contributed by atoms with van der Waals surface area (Å²) in [7, 11) is 0. The molecule has 0 aliphatic rings. The Morgan fingerprint density at radius 3 is 0.638 bits per heavy atom. The third-order valence-electron chi connectivity index (χ3n) is 11.0. The second-order valence-corrected chi connectivity index (χ2v) is 15.5. The highest BCUT2D eigenvalue weighted by molar-refractivity contribution is 5.94. The summed E-state index contributed by atoms with van der Waals surface area (Å²) >= 11 is 0. The van der Waals surface area contributed by atoms with Crippen molar-refractivity contribution in [3.8, 4) is 44.5 Å². The van der Waals surface area contributed by atoms with Gasteiger partial charge in [0, 0.05) is 74.2 Å². The van der Waals surface area contributed by atoms with Crippen molar-refractivity contribution >= 4 is 0 Å². The molecule has 5 rings (SSSR count). The third kappa shape index (κ3) is 17.6. The molecule has 0 fully saturated rings. The lowest BCUT2D eigenvalue weighted by atomic mass is 9.86. The number of aryl methyl sites for hydroxylation is 4. The molecule has 318 valence electrons. The van der Waals surface area contributed by atoms with Gasteiger partial charge >= 0.3 is 0 Å². The van der Waals surface area contributed by atoms with Gasteiger partial charge in [0.2, 0.25) is 0 Å². The molecule has 0 aliphatic carbocycles. The van der Waals surface area contributed by atoms with E-state index in [1.165, 1.54) is 147 Å². The Hall–Kier alpha value is -1.26. The third-order valence-corrected chi connectivity index (χ3v) is 11.0. The molecule has 0 N–H and O–H groups in total. The van der Waals surface area contributed by atoms with Crippen molar-refractivity contribution in [3.63, 3.8) is 0 Å². The first kappa shape index (κ1) is 54.8. The van der Waals surface area contributed by atoms with Crippen molar-refractivity contribution in [2.45, 2.75) is 157 Å². The Morgan fingerprint density at radius 1 is 0.276 bits per heavy atom. The van der Waals surface area contributed by atoms with Gasteiger partial charge in [0.1, 0.15) is 26.2 Å². The lowest BCUT2D eigenvalue weighted by molar-refractivity contribution is -0.697. The zero-order valence-electron chi connectivity index (χ0n) is 35.8. The maximum Gasteiger partial charge on any atom is 0.169 e. The van der Waals surface area contributed by atoms with Crippen LogP contribution in [-0.4, -0.2) is 0 Å². The van der Waals surface area contributed by atoms with Crippen LogP contribution in [-0.2, 0) is 26.2 Å². The molecule has 0 saturated heterocycles. The molecule has 0 atom stereocenters. The van der Waals surface area contributed by atoms with Gasteiger partial charge in [0.15, 0.2) is 49.6 Å². The molecule has 0 bridgehead atoms. The number of unbranched alkanes of at least 4 members (excludes halogenated alkanes) is 12. The van der Waals surface area contributed by atoms with Gasteiger partial charge in [0.05, 0.1) is 0 Å². The largest absolute Gasteiger partial charge is 1.00 e. The Bertz CT molecular complexity index is 1530. The second-order valence-electron chi connectivity index (χ2n) is 15.5. The zero-order valence-corrected chi connectivity index (χ0v) is 44.5. The lowest BCUT2D eigenvalue weighted by Crippen LogP contribution is -3.00. The van der Waals surface area contributed by atoms with Gasteiger partial charge < -0.3 is 95.9 Å². The summed E-state index contributed by atoms with van der Waals surface area (Å²) in [5, 5.41) is 0. The molecule has 0 radical (unpaired) electrons. The van der Waals surface area contributed by atoms with Crippen LogP contribution in [0.2, 0.25) is 0 Å². The van der Waals surface area contributed by atoms with Gasteiger partial charge in [-0.2, -0.15) is 0 Å². The normalized spacial score (nSPS) is 10.6.